The van der Waals surface area contributed by atoms with Crippen LogP contribution in [0.15, 0.2) is 52.5 Å². The minimum atomic E-state index is -4.58. The Labute approximate surface area is 151 Å². The van der Waals surface area contributed by atoms with Crippen molar-refractivity contribution in [3.05, 3.63) is 59.4 Å². The number of rotatable bonds is 5. The van der Waals surface area contributed by atoms with Crippen LogP contribution in [-0.4, -0.2) is 19.1 Å². The Morgan fingerprint density at radius 2 is 1.96 bits per heavy atom. The first-order valence-corrected chi connectivity index (χ1v) is 7.31. The third-order valence-corrected chi connectivity index (χ3v) is 3.26. The van der Waals surface area contributed by atoms with E-state index in [0.717, 1.165) is 30.3 Å². The van der Waals surface area contributed by atoms with Crippen molar-refractivity contribution in [1.82, 2.24) is 0 Å². The van der Waals surface area contributed by atoms with E-state index in [2.05, 4.69) is 16.0 Å². The summed E-state index contributed by atoms with van der Waals surface area (Å²) in [7, 11) is 1.25. The van der Waals surface area contributed by atoms with Crippen LogP contribution in [-0.2, 0) is 11.0 Å². The zero-order chi connectivity index (χ0) is 20.0. The van der Waals surface area contributed by atoms with Crippen molar-refractivity contribution in [2.24, 2.45) is 9.98 Å². The Bertz CT molecular complexity index is 946. The van der Waals surface area contributed by atoms with E-state index >= 15 is 0 Å². The summed E-state index contributed by atoms with van der Waals surface area (Å²) in [4.78, 5) is 17.8. The minimum absolute atomic E-state index is 0.0382. The Balaban J connectivity index is 2.47. The second kappa shape index (κ2) is 8.29. The molecule has 0 aliphatic rings. The number of methoxy groups -OCH3 is 1. The zero-order valence-electron chi connectivity index (χ0n) is 13.7. The summed E-state index contributed by atoms with van der Waals surface area (Å²) >= 11 is 0. The number of hydrogen-bond acceptors (Lipinski definition) is 5. The van der Waals surface area contributed by atoms with Gasteiger partial charge in [0.05, 0.1) is 18.6 Å². The lowest BCUT2D eigenvalue weighted by Crippen LogP contribution is -2.18. The van der Waals surface area contributed by atoms with Crippen molar-refractivity contribution in [3.63, 3.8) is 0 Å². The molecule has 0 spiro atoms. The third-order valence-electron chi connectivity index (χ3n) is 3.26. The molecule has 0 aliphatic heterocycles. The van der Waals surface area contributed by atoms with Gasteiger partial charge in [-0.25, -0.2) is 4.39 Å². The van der Waals surface area contributed by atoms with Crippen LogP contribution in [0.1, 0.15) is 11.1 Å². The van der Waals surface area contributed by atoms with Crippen molar-refractivity contribution >= 4 is 29.4 Å². The molecule has 140 valence electrons. The fourth-order valence-corrected chi connectivity index (χ4v) is 2.02. The molecule has 2 aromatic carbocycles. The van der Waals surface area contributed by atoms with Gasteiger partial charge in [0.15, 0.2) is 0 Å². The lowest BCUT2D eigenvalue weighted by molar-refractivity contribution is -0.297. The highest BCUT2D eigenvalue weighted by molar-refractivity contribution is 5.85. The van der Waals surface area contributed by atoms with E-state index in [9.17, 15) is 27.5 Å². The molecule has 0 N–H and O–H groups in total. The molecule has 0 heterocycles. The third kappa shape index (κ3) is 5.26. The van der Waals surface area contributed by atoms with Gasteiger partial charge in [-0.05, 0) is 30.3 Å². The molecule has 0 radical (unpaired) electrons. The van der Waals surface area contributed by atoms with Gasteiger partial charge >= 0.3 is 6.18 Å². The van der Waals surface area contributed by atoms with E-state index in [1.807, 2.05) is 0 Å². The fraction of sp³-hybridized carbons (Fsp3) is 0.111. The Morgan fingerprint density at radius 3 is 2.59 bits per heavy atom. The standard InChI is InChI=1S/C18H12F4N2O3/c1-27-15-7-6-12(18(20,21)22)9-14(15)23-10-24-17-11(5-8-16(25)26)3-2-4-13(17)19/h2-9H,1H3,(H,25,26)/p-1/b8-5+. The summed E-state index contributed by atoms with van der Waals surface area (Å²) in [6, 6.07) is 8.54. The molecule has 0 fully saturated rings. The monoisotopic (exact) mass is 379 g/mol. The summed E-state index contributed by atoms with van der Waals surface area (Å²) < 4.78 is 57.3. The van der Waals surface area contributed by atoms with Crippen molar-refractivity contribution in [1.29, 1.82) is 0 Å². The Kier molecular flexibility index (Phi) is 6.10. The lowest BCUT2D eigenvalue weighted by Gasteiger charge is -2.09. The van der Waals surface area contributed by atoms with E-state index in [-0.39, 0.29) is 22.7 Å². The van der Waals surface area contributed by atoms with Crippen molar-refractivity contribution in [2.45, 2.75) is 6.18 Å². The second-order valence-electron chi connectivity index (χ2n) is 5.04. The second-order valence-corrected chi connectivity index (χ2v) is 5.04. The summed E-state index contributed by atoms with van der Waals surface area (Å²) in [5, 5.41) is 10.5. The maximum atomic E-state index is 13.9. The molecule has 0 amide bonds. The largest absolute Gasteiger partial charge is 0.545 e. The van der Waals surface area contributed by atoms with E-state index in [1.165, 1.54) is 19.2 Å². The molecule has 2 rings (SSSR count). The number of carboxylic acids is 1. The van der Waals surface area contributed by atoms with Crippen molar-refractivity contribution < 1.29 is 32.2 Å². The predicted molar refractivity (Wildman–Crippen MR) is 87.6 cm³/mol. The van der Waals surface area contributed by atoms with Gasteiger partial charge in [-0.3, -0.25) is 0 Å². The van der Waals surface area contributed by atoms with Crippen LogP contribution >= 0.6 is 0 Å². The summed E-state index contributed by atoms with van der Waals surface area (Å²) in [5.41, 5.74) is -1.35. The average Bonchev–Trinajstić information content (AvgIpc) is 2.60. The van der Waals surface area contributed by atoms with Gasteiger partial charge in [-0.1, -0.05) is 18.2 Å². The molecule has 5 nitrogen and oxygen atoms in total. The molecule has 27 heavy (non-hydrogen) atoms. The van der Waals surface area contributed by atoms with Gasteiger partial charge < -0.3 is 14.6 Å². The molecule has 0 unspecified atom stereocenters. The van der Waals surface area contributed by atoms with Gasteiger partial charge in [-0.2, -0.15) is 23.2 Å². The highest BCUT2D eigenvalue weighted by atomic mass is 19.4. The number of hydrogen-bond donors (Lipinski definition) is 0. The number of ether oxygens (including phenoxy) is 1. The van der Waals surface area contributed by atoms with Crippen LogP contribution in [0.2, 0.25) is 0 Å². The number of aliphatic imine (C=N–C) groups is 2. The molecule has 0 saturated heterocycles. The smallest absolute Gasteiger partial charge is 0.416 e. The van der Waals surface area contributed by atoms with E-state index in [0.29, 0.717) is 6.08 Å². The van der Waals surface area contributed by atoms with Crippen molar-refractivity contribution in [3.8, 4) is 5.75 Å². The SMILES string of the molecule is COc1ccc(C(F)(F)F)cc1N=C=Nc1c(F)cccc1/C=C/C(=O)[O-]. The first-order chi connectivity index (χ1) is 12.7. The number of para-hydroxylation sites is 1. The highest BCUT2D eigenvalue weighted by Crippen LogP contribution is 2.36. The molecule has 0 atom stereocenters. The number of halogens is 4. The summed E-state index contributed by atoms with van der Waals surface area (Å²) in [6.07, 6.45) is -2.84. The number of benzene rings is 2. The minimum Gasteiger partial charge on any atom is -0.545 e. The molecule has 9 heteroatoms. The number of carbonyl (C=O) groups excluding carboxylic acids is 1. The quantitative estimate of drug-likeness (QED) is 0.451. The Morgan fingerprint density at radius 1 is 1.22 bits per heavy atom. The van der Waals surface area contributed by atoms with Gasteiger partial charge in [0, 0.05) is 5.56 Å². The number of carboxylic acid groups (broad SMARTS) is 1. The zero-order valence-corrected chi connectivity index (χ0v) is 13.7. The highest BCUT2D eigenvalue weighted by Gasteiger charge is 2.31. The van der Waals surface area contributed by atoms with Crippen LogP contribution in [0.5, 0.6) is 5.75 Å². The van der Waals surface area contributed by atoms with Crippen LogP contribution in [0.25, 0.3) is 6.08 Å². The fourth-order valence-electron chi connectivity index (χ4n) is 2.02. The predicted octanol–water partition coefficient (Wildman–Crippen LogP) is 3.75. The first-order valence-electron chi connectivity index (χ1n) is 7.31. The molecule has 0 aliphatic carbocycles. The van der Waals surface area contributed by atoms with Crippen LogP contribution < -0.4 is 9.84 Å². The van der Waals surface area contributed by atoms with E-state index in [1.54, 1.807) is 0 Å². The normalized spacial score (nSPS) is 11.1. The number of alkyl halides is 3. The van der Waals surface area contributed by atoms with E-state index in [4.69, 9.17) is 4.74 Å². The van der Waals surface area contributed by atoms with Gasteiger partial charge in [0.25, 0.3) is 0 Å². The molecular formula is C18H11F4N2O3-. The maximum absolute atomic E-state index is 13.9. The van der Waals surface area contributed by atoms with Gasteiger partial charge in [0.2, 0.25) is 0 Å². The van der Waals surface area contributed by atoms with Crippen molar-refractivity contribution in [2.75, 3.05) is 7.11 Å². The lowest BCUT2D eigenvalue weighted by atomic mass is 10.1. The molecular weight excluding hydrogens is 368 g/mol. The molecule has 0 saturated carbocycles. The topological polar surface area (TPSA) is 74.1 Å². The Hall–Kier alpha value is -3.45. The number of aliphatic carboxylic acids is 1. The summed E-state index contributed by atoms with van der Waals surface area (Å²) in [5.74, 6) is -2.25. The number of nitrogens with zero attached hydrogens (tertiary/aromatic N) is 2. The van der Waals surface area contributed by atoms with E-state index < -0.39 is 23.5 Å². The molecule has 2 aromatic rings. The van der Waals surface area contributed by atoms with Crippen LogP contribution in [0.3, 0.4) is 0 Å². The number of carbonyl (C=O) groups is 1. The average molecular weight is 379 g/mol. The van der Waals surface area contributed by atoms with Gasteiger partial charge in [0.1, 0.15) is 28.9 Å². The molecule has 0 bridgehead atoms. The summed E-state index contributed by atoms with van der Waals surface area (Å²) in [6.45, 7) is 0. The molecule has 0 aromatic heterocycles. The van der Waals surface area contributed by atoms with Crippen LogP contribution in [0, 0.1) is 5.82 Å². The van der Waals surface area contributed by atoms with Crippen LogP contribution in [0.4, 0.5) is 28.9 Å². The maximum Gasteiger partial charge on any atom is 0.416 e. The van der Waals surface area contributed by atoms with Gasteiger partial charge in [-0.15, -0.1) is 0 Å². The first kappa shape index (κ1) is 19.9.